The van der Waals surface area contributed by atoms with Gasteiger partial charge in [0.2, 0.25) is 10.0 Å². The number of benzene rings is 1. The van der Waals surface area contributed by atoms with Crippen LogP contribution in [0.4, 0.5) is 8.78 Å². The Labute approximate surface area is 124 Å². The SMILES string of the molecule is CN(C)CCCN(C)S(=O)(=O)c1cc(CN)cc(F)c1F. The molecule has 21 heavy (non-hydrogen) atoms. The highest BCUT2D eigenvalue weighted by Crippen LogP contribution is 2.22. The van der Waals surface area contributed by atoms with Gasteiger partial charge in [0.25, 0.3) is 0 Å². The van der Waals surface area contributed by atoms with E-state index in [1.54, 1.807) is 0 Å². The highest BCUT2D eigenvalue weighted by atomic mass is 32.2. The molecular formula is C13H21F2N3O2S. The molecule has 0 heterocycles. The number of nitrogens with two attached hydrogens (primary N) is 1. The van der Waals surface area contributed by atoms with Gasteiger partial charge in [-0.15, -0.1) is 0 Å². The van der Waals surface area contributed by atoms with Gasteiger partial charge in [-0.05, 0) is 44.8 Å². The smallest absolute Gasteiger partial charge is 0.245 e. The zero-order valence-electron chi connectivity index (χ0n) is 12.4. The molecule has 0 unspecified atom stereocenters. The standard InChI is InChI=1S/C13H21F2N3O2S/c1-17(2)5-4-6-18(3)21(19,20)12-8-10(9-16)7-11(14)13(12)15/h7-8H,4-6,9,16H2,1-3H3. The average molecular weight is 321 g/mol. The molecule has 0 atom stereocenters. The second-order valence-corrected chi connectivity index (χ2v) is 7.09. The summed E-state index contributed by atoms with van der Waals surface area (Å²) in [5.41, 5.74) is 5.60. The lowest BCUT2D eigenvalue weighted by molar-refractivity contribution is 0.369. The van der Waals surface area contributed by atoms with Crippen LogP contribution >= 0.6 is 0 Å². The lowest BCUT2D eigenvalue weighted by Crippen LogP contribution is -2.30. The van der Waals surface area contributed by atoms with Gasteiger partial charge in [0.1, 0.15) is 4.90 Å². The number of halogens is 2. The summed E-state index contributed by atoms with van der Waals surface area (Å²) in [5.74, 6) is -2.58. The Morgan fingerprint density at radius 1 is 1.14 bits per heavy atom. The third-order valence-corrected chi connectivity index (χ3v) is 4.91. The number of hydrogen-bond acceptors (Lipinski definition) is 4. The number of sulfonamides is 1. The molecule has 1 rings (SSSR count). The van der Waals surface area contributed by atoms with Crippen molar-refractivity contribution < 1.29 is 17.2 Å². The van der Waals surface area contributed by atoms with E-state index < -0.39 is 26.6 Å². The lowest BCUT2D eigenvalue weighted by Gasteiger charge is -2.19. The Hall–Kier alpha value is -1.09. The first-order chi connectivity index (χ1) is 9.70. The highest BCUT2D eigenvalue weighted by Gasteiger charge is 2.26. The molecule has 0 aliphatic rings. The van der Waals surface area contributed by atoms with Gasteiger partial charge < -0.3 is 10.6 Å². The fraction of sp³-hybridized carbons (Fsp3) is 0.538. The third kappa shape index (κ3) is 4.44. The van der Waals surface area contributed by atoms with Crippen LogP contribution in [0.25, 0.3) is 0 Å². The van der Waals surface area contributed by atoms with Crippen molar-refractivity contribution in [2.75, 3.05) is 34.2 Å². The van der Waals surface area contributed by atoms with E-state index in [1.807, 2.05) is 19.0 Å². The van der Waals surface area contributed by atoms with Gasteiger partial charge in [0.15, 0.2) is 11.6 Å². The molecule has 5 nitrogen and oxygen atoms in total. The van der Waals surface area contributed by atoms with Crippen molar-refractivity contribution in [3.63, 3.8) is 0 Å². The van der Waals surface area contributed by atoms with Crippen LogP contribution in [0.15, 0.2) is 17.0 Å². The Morgan fingerprint density at radius 3 is 2.29 bits per heavy atom. The van der Waals surface area contributed by atoms with Gasteiger partial charge in [-0.25, -0.2) is 21.5 Å². The predicted octanol–water partition coefficient (Wildman–Crippen LogP) is 0.996. The van der Waals surface area contributed by atoms with E-state index in [1.165, 1.54) is 7.05 Å². The van der Waals surface area contributed by atoms with Crippen molar-refractivity contribution >= 4 is 10.0 Å². The van der Waals surface area contributed by atoms with Crippen LogP contribution < -0.4 is 5.73 Å². The second kappa shape index (κ2) is 7.26. The summed E-state index contributed by atoms with van der Waals surface area (Å²) in [5, 5.41) is 0. The van der Waals surface area contributed by atoms with E-state index in [9.17, 15) is 17.2 Å². The molecule has 0 fully saturated rings. The minimum absolute atomic E-state index is 0.0654. The molecule has 0 aromatic heterocycles. The number of rotatable bonds is 7. The van der Waals surface area contributed by atoms with Gasteiger partial charge in [0, 0.05) is 20.1 Å². The van der Waals surface area contributed by atoms with E-state index >= 15 is 0 Å². The van der Waals surface area contributed by atoms with Crippen molar-refractivity contribution in [1.29, 1.82) is 0 Å². The first-order valence-electron chi connectivity index (χ1n) is 6.49. The van der Waals surface area contributed by atoms with Crippen LogP contribution in [0.2, 0.25) is 0 Å². The van der Waals surface area contributed by atoms with E-state index in [0.717, 1.165) is 16.4 Å². The summed E-state index contributed by atoms with van der Waals surface area (Å²) in [6.45, 7) is 0.845. The van der Waals surface area contributed by atoms with Crippen LogP contribution in [-0.2, 0) is 16.6 Å². The Morgan fingerprint density at radius 2 is 1.76 bits per heavy atom. The van der Waals surface area contributed by atoms with Crippen LogP contribution in [0, 0.1) is 11.6 Å². The van der Waals surface area contributed by atoms with E-state index in [0.29, 0.717) is 13.0 Å². The Balaban J connectivity index is 3.04. The molecule has 1 aromatic carbocycles. The van der Waals surface area contributed by atoms with Crippen LogP contribution in [0.1, 0.15) is 12.0 Å². The quantitative estimate of drug-likeness (QED) is 0.813. The first kappa shape index (κ1) is 18.0. The summed E-state index contributed by atoms with van der Waals surface area (Å²) in [6.07, 6.45) is 0.587. The minimum Gasteiger partial charge on any atom is -0.326 e. The van der Waals surface area contributed by atoms with Crippen LogP contribution in [0.5, 0.6) is 0 Å². The van der Waals surface area contributed by atoms with Gasteiger partial charge >= 0.3 is 0 Å². The van der Waals surface area contributed by atoms with Crippen molar-refractivity contribution in [3.8, 4) is 0 Å². The summed E-state index contributed by atoms with van der Waals surface area (Å²) < 4.78 is 52.9. The molecule has 0 amide bonds. The van der Waals surface area contributed by atoms with Gasteiger partial charge in [0.05, 0.1) is 0 Å². The average Bonchev–Trinajstić information content (AvgIpc) is 2.40. The predicted molar refractivity (Wildman–Crippen MR) is 77.2 cm³/mol. The molecule has 2 N–H and O–H groups in total. The maximum Gasteiger partial charge on any atom is 0.245 e. The molecule has 120 valence electrons. The van der Waals surface area contributed by atoms with E-state index in [2.05, 4.69) is 0 Å². The highest BCUT2D eigenvalue weighted by molar-refractivity contribution is 7.89. The number of nitrogens with zero attached hydrogens (tertiary/aromatic N) is 2. The van der Waals surface area contributed by atoms with E-state index in [4.69, 9.17) is 5.73 Å². The molecule has 0 spiro atoms. The Kier molecular flexibility index (Phi) is 6.21. The molecule has 0 radical (unpaired) electrons. The minimum atomic E-state index is -4.08. The maximum absolute atomic E-state index is 13.8. The molecule has 0 aliphatic heterocycles. The molecule has 0 saturated carbocycles. The normalized spacial score (nSPS) is 12.4. The van der Waals surface area contributed by atoms with Crippen LogP contribution in [0.3, 0.4) is 0 Å². The molecule has 0 bridgehead atoms. The van der Waals surface area contributed by atoms with Crippen molar-refractivity contribution in [1.82, 2.24) is 9.21 Å². The largest absolute Gasteiger partial charge is 0.326 e. The first-order valence-corrected chi connectivity index (χ1v) is 7.93. The lowest BCUT2D eigenvalue weighted by atomic mass is 10.2. The monoisotopic (exact) mass is 321 g/mol. The molecular weight excluding hydrogens is 300 g/mol. The summed E-state index contributed by atoms with van der Waals surface area (Å²) in [4.78, 5) is 1.24. The fourth-order valence-corrected chi connectivity index (χ4v) is 3.15. The van der Waals surface area contributed by atoms with Crippen molar-refractivity contribution in [2.45, 2.75) is 17.9 Å². The van der Waals surface area contributed by atoms with Crippen molar-refractivity contribution in [3.05, 3.63) is 29.3 Å². The maximum atomic E-state index is 13.8. The molecule has 0 aliphatic carbocycles. The molecule has 0 saturated heterocycles. The number of hydrogen-bond donors (Lipinski definition) is 1. The topological polar surface area (TPSA) is 66.6 Å². The zero-order chi connectivity index (χ0) is 16.2. The second-order valence-electron chi connectivity index (χ2n) is 5.08. The summed E-state index contributed by atoms with van der Waals surface area (Å²) in [6, 6.07) is 1.98. The van der Waals surface area contributed by atoms with Crippen molar-refractivity contribution in [2.24, 2.45) is 5.73 Å². The van der Waals surface area contributed by atoms with Gasteiger partial charge in [-0.1, -0.05) is 0 Å². The summed E-state index contributed by atoms with van der Waals surface area (Å²) >= 11 is 0. The molecule has 8 heteroatoms. The van der Waals surface area contributed by atoms with Gasteiger partial charge in [-0.3, -0.25) is 0 Å². The fourth-order valence-electron chi connectivity index (χ4n) is 1.82. The Bertz CT molecular complexity index is 591. The molecule has 1 aromatic rings. The zero-order valence-corrected chi connectivity index (χ0v) is 13.3. The van der Waals surface area contributed by atoms with Crippen LogP contribution in [-0.4, -0.2) is 51.9 Å². The van der Waals surface area contributed by atoms with Gasteiger partial charge in [-0.2, -0.15) is 0 Å². The third-order valence-electron chi connectivity index (χ3n) is 3.06. The van der Waals surface area contributed by atoms with E-state index in [-0.39, 0.29) is 18.7 Å². The summed E-state index contributed by atoms with van der Waals surface area (Å²) in [7, 11) is 1.00.